The SMILES string of the molecule is N#Cc1ccc(NC(=O)c2ccc(Cl)nn2)cc1C#N. The molecule has 96 valence electrons. The van der Waals surface area contributed by atoms with Crippen LogP contribution in [0.2, 0.25) is 5.15 Å². The standard InChI is InChI=1S/C13H6ClN5O/c14-12-4-3-11(18-19-12)13(20)17-10-2-1-8(6-15)9(5-10)7-16/h1-5H,(H,17,20). The van der Waals surface area contributed by atoms with Crippen LogP contribution in [0, 0.1) is 22.7 Å². The third-order valence-corrected chi connectivity index (χ3v) is 2.58. The number of hydrogen-bond acceptors (Lipinski definition) is 5. The summed E-state index contributed by atoms with van der Waals surface area (Å²) in [5.74, 6) is -0.484. The van der Waals surface area contributed by atoms with Crippen molar-refractivity contribution in [2.45, 2.75) is 0 Å². The summed E-state index contributed by atoms with van der Waals surface area (Å²) in [4.78, 5) is 11.9. The molecule has 7 heteroatoms. The predicted octanol–water partition coefficient (Wildman–Crippen LogP) is 2.13. The zero-order chi connectivity index (χ0) is 14.5. The van der Waals surface area contributed by atoms with Gasteiger partial charge in [0, 0.05) is 5.69 Å². The highest BCUT2D eigenvalue weighted by atomic mass is 35.5. The number of carbonyl (C=O) groups excluding carboxylic acids is 1. The number of nitriles is 2. The van der Waals surface area contributed by atoms with Crippen LogP contribution in [-0.4, -0.2) is 16.1 Å². The molecule has 1 aromatic carbocycles. The van der Waals surface area contributed by atoms with E-state index in [-0.39, 0.29) is 22.0 Å². The first kappa shape index (κ1) is 13.5. The van der Waals surface area contributed by atoms with Crippen LogP contribution in [0.4, 0.5) is 5.69 Å². The fourth-order valence-electron chi connectivity index (χ4n) is 1.44. The number of aromatic nitrogens is 2. The molecule has 0 atom stereocenters. The van der Waals surface area contributed by atoms with Gasteiger partial charge in [0.15, 0.2) is 10.8 Å². The molecular formula is C13H6ClN5O. The molecule has 0 saturated carbocycles. The van der Waals surface area contributed by atoms with Crippen LogP contribution >= 0.6 is 11.6 Å². The molecule has 0 bridgehead atoms. The molecule has 2 aromatic rings. The number of amides is 1. The minimum atomic E-state index is -0.484. The number of anilines is 1. The van der Waals surface area contributed by atoms with E-state index >= 15 is 0 Å². The summed E-state index contributed by atoms with van der Waals surface area (Å²) in [5.41, 5.74) is 0.920. The molecule has 1 N–H and O–H groups in total. The Morgan fingerprint density at radius 2 is 1.85 bits per heavy atom. The second-order valence-electron chi connectivity index (χ2n) is 3.68. The van der Waals surface area contributed by atoms with Crippen molar-refractivity contribution in [1.82, 2.24) is 10.2 Å². The van der Waals surface area contributed by atoms with E-state index in [4.69, 9.17) is 22.1 Å². The normalized spacial score (nSPS) is 9.35. The Labute approximate surface area is 119 Å². The van der Waals surface area contributed by atoms with Crippen LogP contribution < -0.4 is 5.32 Å². The van der Waals surface area contributed by atoms with Crippen molar-refractivity contribution in [3.63, 3.8) is 0 Å². The maximum atomic E-state index is 11.9. The van der Waals surface area contributed by atoms with Crippen LogP contribution in [-0.2, 0) is 0 Å². The van der Waals surface area contributed by atoms with E-state index in [2.05, 4.69) is 15.5 Å². The Hall–Kier alpha value is -2.96. The summed E-state index contributed by atoms with van der Waals surface area (Å²) in [6.07, 6.45) is 0. The number of nitrogens with zero attached hydrogens (tertiary/aromatic N) is 4. The summed E-state index contributed by atoms with van der Waals surface area (Å²) in [7, 11) is 0. The largest absolute Gasteiger partial charge is 0.321 e. The van der Waals surface area contributed by atoms with Crippen molar-refractivity contribution in [2.24, 2.45) is 0 Å². The van der Waals surface area contributed by atoms with E-state index in [9.17, 15) is 4.79 Å². The zero-order valence-electron chi connectivity index (χ0n) is 9.96. The van der Waals surface area contributed by atoms with Crippen molar-refractivity contribution >= 4 is 23.2 Å². The Balaban J connectivity index is 2.23. The van der Waals surface area contributed by atoms with Crippen molar-refractivity contribution in [3.8, 4) is 12.1 Å². The first-order valence-electron chi connectivity index (χ1n) is 5.39. The smallest absolute Gasteiger partial charge is 0.276 e. The average Bonchev–Trinajstić information content (AvgIpc) is 2.47. The number of halogens is 1. The van der Waals surface area contributed by atoms with Gasteiger partial charge in [-0.1, -0.05) is 11.6 Å². The lowest BCUT2D eigenvalue weighted by Gasteiger charge is -2.05. The van der Waals surface area contributed by atoms with E-state index in [1.54, 1.807) is 0 Å². The molecule has 6 nitrogen and oxygen atoms in total. The molecule has 0 saturated heterocycles. The molecule has 0 aliphatic carbocycles. The van der Waals surface area contributed by atoms with Crippen LogP contribution in [0.3, 0.4) is 0 Å². The fraction of sp³-hybridized carbons (Fsp3) is 0. The number of benzene rings is 1. The van der Waals surface area contributed by atoms with E-state index in [1.807, 2.05) is 12.1 Å². The third-order valence-electron chi connectivity index (χ3n) is 2.38. The first-order chi connectivity index (χ1) is 9.63. The first-order valence-corrected chi connectivity index (χ1v) is 5.76. The minimum Gasteiger partial charge on any atom is -0.321 e. The minimum absolute atomic E-state index is 0.0947. The van der Waals surface area contributed by atoms with Gasteiger partial charge >= 0.3 is 0 Å². The summed E-state index contributed by atoms with van der Waals surface area (Å²) in [5, 5.41) is 27.7. The van der Waals surface area contributed by atoms with Gasteiger partial charge in [0.2, 0.25) is 0 Å². The number of rotatable bonds is 2. The molecule has 20 heavy (non-hydrogen) atoms. The highest BCUT2D eigenvalue weighted by Crippen LogP contribution is 2.15. The van der Waals surface area contributed by atoms with E-state index in [1.165, 1.54) is 30.3 Å². The zero-order valence-corrected chi connectivity index (χ0v) is 10.7. The maximum Gasteiger partial charge on any atom is 0.276 e. The van der Waals surface area contributed by atoms with E-state index in [0.717, 1.165) is 0 Å². The second kappa shape index (κ2) is 5.79. The molecule has 1 aromatic heterocycles. The Kier molecular flexibility index (Phi) is 3.90. The highest BCUT2D eigenvalue weighted by molar-refractivity contribution is 6.29. The quantitative estimate of drug-likeness (QED) is 0.909. The fourth-order valence-corrected chi connectivity index (χ4v) is 1.55. The van der Waals surface area contributed by atoms with E-state index < -0.39 is 5.91 Å². The van der Waals surface area contributed by atoms with Crippen LogP contribution in [0.15, 0.2) is 30.3 Å². The van der Waals surface area contributed by atoms with Gasteiger partial charge in [-0.2, -0.15) is 10.5 Å². The molecule has 0 aliphatic heterocycles. The van der Waals surface area contributed by atoms with Crippen molar-refractivity contribution in [1.29, 1.82) is 10.5 Å². The summed E-state index contributed by atoms with van der Waals surface area (Å²) < 4.78 is 0. The van der Waals surface area contributed by atoms with Gasteiger partial charge in [-0.25, -0.2) is 0 Å². The highest BCUT2D eigenvalue weighted by Gasteiger charge is 2.10. The van der Waals surface area contributed by atoms with Gasteiger partial charge in [0.25, 0.3) is 5.91 Å². The molecule has 2 rings (SSSR count). The van der Waals surface area contributed by atoms with Crippen LogP contribution in [0.5, 0.6) is 0 Å². The topological polar surface area (TPSA) is 102 Å². The van der Waals surface area contributed by atoms with Gasteiger partial charge in [0.05, 0.1) is 11.1 Å². The molecule has 0 fully saturated rings. The summed E-state index contributed by atoms with van der Waals surface area (Å²) in [6.45, 7) is 0. The molecule has 0 spiro atoms. The Morgan fingerprint density at radius 1 is 1.10 bits per heavy atom. The van der Waals surface area contributed by atoms with Gasteiger partial charge < -0.3 is 5.32 Å². The van der Waals surface area contributed by atoms with Crippen LogP contribution in [0.25, 0.3) is 0 Å². The van der Waals surface area contributed by atoms with Crippen LogP contribution in [0.1, 0.15) is 21.6 Å². The van der Waals surface area contributed by atoms with Gasteiger partial charge in [-0.05, 0) is 30.3 Å². The van der Waals surface area contributed by atoms with Crippen molar-refractivity contribution in [2.75, 3.05) is 5.32 Å². The van der Waals surface area contributed by atoms with Gasteiger partial charge in [-0.15, -0.1) is 10.2 Å². The number of hydrogen-bond donors (Lipinski definition) is 1. The monoisotopic (exact) mass is 283 g/mol. The van der Waals surface area contributed by atoms with Gasteiger partial charge in [-0.3, -0.25) is 4.79 Å². The Bertz CT molecular complexity index is 743. The third kappa shape index (κ3) is 2.89. The average molecular weight is 284 g/mol. The molecule has 1 amide bonds. The second-order valence-corrected chi connectivity index (χ2v) is 4.07. The molecule has 0 radical (unpaired) electrons. The molecule has 0 unspecified atom stereocenters. The van der Waals surface area contributed by atoms with E-state index in [0.29, 0.717) is 5.69 Å². The predicted molar refractivity (Wildman–Crippen MR) is 70.9 cm³/mol. The van der Waals surface area contributed by atoms with Gasteiger partial charge in [0.1, 0.15) is 12.1 Å². The molecule has 1 heterocycles. The molecular weight excluding hydrogens is 278 g/mol. The lowest BCUT2D eigenvalue weighted by Crippen LogP contribution is -2.14. The lowest BCUT2D eigenvalue weighted by atomic mass is 10.1. The maximum absolute atomic E-state index is 11.9. The number of nitrogens with one attached hydrogen (secondary N) is 1. The van der Waals surface area contributed by atoms with Crippen molar-refractivity contribution in [3.05, 3.63) is 52.3 Å². The lowest BCUT2D eigenvalue weighted by molar-refractivity contribution is 0.102. The number of carbonyl (C=O) groups is 1. The van der Waals surface area contributed by atoms with Crippen molar-refractivity contribution < 1.29 is 4.79 Å². The Morgan fingerprint density at radius 3 is 2.45 bits per heavy atom. The summed E-state index contributed by atoms with van der Waals surface area (Å²) in [6, 6.07) is 11.1. The summed E-state index contributed by atoms with van der Waals surface area (Å²) >= 11 is 5.58. The molecule has 0 aliphatic rings.